The lowest BCUT2D eigenvalue weighted by Crippen LogP contribution is -2.24. The van der Waals surface area contributed by atoms with Crippen molar-refractivity contribution in [1.29, 1.82) is 0 Å². The molecule has 0 saturated heterocycles. The minimum atomic E-state index is -0.941. The largest absolute Gasteiger partial charge is 0.507 e. The van der Waals surface area contributed by atoms with E-state index in [1.807, 2.05) is 30.3 Å². The number of carbonyl (C=O) groups excluding carboxylic acids is 1. The molecule has 0 bridgehead atoms. The SMILES string of the molecule is CCOC(=O)C(Cc1ccccc1)c1c(O)c2ccccc2oc1=O. The van der Waals surface area contributed by atoms with Crippen molar-refractivity contribution in [2.45, 2.75) is 19.3 Å². The average Bonchev–Trinajstić information content (AvgIpc) is 2.62. The summed E-state index contributed by atoms with van der Waals surface area (Å²) in [6.45, 7) is 1.88. The maximum atomic E-state index is 12.5. The number of esters is 1. The minimum absolute atomic E-state index is 0.0685. The Kier molecular flexibility index (Phi) is 4.84. The van der Waals surface area contributed by atoms with Crippen LogP contribution in [-0.2, 0) is 16.0 Å². The Hall–Kier alpha value is -3.08. The second kappa shape index (κ2) is 7.21. The van der Waals surface area contributed by atoms with Gasteiger partial charge < -0.3 is 14.3 Å². The number of hydrogen-bond acceptors (Lipinski definition) is 5. The first-order valence-electron chi connectivity index (χ1n) is 8.07. The topological polar surface area (TPSA) is 76.7 Å². The standard InChI is InChI=1S/C20H18O5/c1-2-24-19(22)15(12-13-8-4-3-5-9-13)17-18(21)14-10-6-7-11-16(14)25-20(17)23/h3-11,15,21H,2,12H2,1H3. The lowest BCUT2D eigenvalue weighted by Gasteiger charge is -2.17. The molecule has 0 saturated carbocycles. The lowest BCUT2D eigenvalue weighted by molar-refractivity contribution is -0.145. The third-order valence-electron chi connectivity index (χ3n) is 4.02. The Bertz CT molecular complexity index is 943. The molecule has 2 aromatic carbocycles. The van der Waals surface area contributed by atoms with Crippen LogP contribution in [0.3, 0.4) is 0 Å². The van der Waals surface area contributed by atoms with Crippen LogP contribution in [0.15, 0.2) is 63.8 Å². The molecule has 0 spiro atoms. The first-order valence-corrected chi connectivity index (χ1v) is 8.07. The number of para-hydroxylation sites is 1. The molecule has 1 atom stereocenters. The Labute approximate surface area is 144 Å². The van der Waals surface area contributed by atoms with Crippen LogP contribution in [0.2, 0.25) is 0 Å². The Morgan fingerprint density at radius 2 is 1.80 bits per heavy atom. The Balaban J connectivity index is 2.14. The van der Waals surface area contributed by atoms with E-state index < -0.39 is 17.5 Å². The quantitative estimate of drug-likeness (QED) is 0.570. The summed E-state index contributed by atoms with van der Waals surface area (Å²) in [5.74, 6) is -1.74. The van der Waals surface area contributed by atoms with Gasteiger partial charge in [-0.25, -0.2) is 4.79 Å². The predicted molar refractivity (Wildman–Crippen MR) is 93.7 cm³/mol. The first-order chi connectivity index (χ1) is 12.1. The molecule has 0 aliphatic carbocycles. The third-order valence-corrected chi connectivity index (χ3v) is 4.02. The third kappa shape index (κ3) is 3.40. The van der Waals surface area contributed by atoms with Crippen molar-refractivity contribution in [3.05, 3.63) is 76.1 Å². The molecule has 0 amide bonds. The van der Waals surface area contributed by atoms with Gasteiger partial charge in [0, 0.05) is 0 Å². The van der Waals surface area contributed by atoms with Crippen molar-refractivity contribution in [3.8, 4) is 5.75 Å². The van der Waals surface area contributed by atoms with Crippen molar-refractivity contribution in [3.63, 3.8) is 0 Å². The van der Waals surface area contributed by atoms with E-state index in [9.17, 15) is 14.7 Å². The van der Waals surface area contributed by atoms with Crippen molar-refractivity contribution < 1.29 is 19.1 Å². The fourth-order valence-corrected chi connectivity index (χ4v) is 2.85. The van der Waals surface area contributed by atoms with Crippen LogP contribution in [0, 0.1) is 0 Å². The molecule has 3 rings (SSSR count). The van der Waals surface area contributed by atoms with E-state index in [-0.39, 0.29) is 29.9 Å². The minimum Gasteiger partial charge on any atom is -0.507 e. The predicted octanol–water partition coefficient (Wildman–Crippen LogP) is 3.39. The van der Waals surface area contributed by atoms with Crippen LogP contribution in [0.4, 0.5) is 0 Å². The van der Waals surface area contributed by atoms with Crippen LogP contribution in [-0.4, -0.2) is 17.7 Å². The molecule has 0 aliphatic rings. The van der Waals surface area contributed by atoms with Crippen LogP contribution < -0.4 is 5.63 Å². The van der Waals surface area contributed by atoms with Crippen molar-refractivity contribution in [2.24, 2.45) is 0 Å². The monoisotopic (exact) mass is 338 g/mol. The molecule has 3 aromatic rings. The van der Waals surface area contributed by atoms with Gasteiger partial charge >= 0.3 is 11.6 Å². The lowest BCUT2D eigenvalue weighted by atomic mass is 9.91. The van der Waals surface area contributed by atoms with E-state index in [2.05, 4.69) is 0 Å². The maximum Gasteiger partial charge on any atom is 0.344 e. The summed E-state index contributed by atoms with van der Waals surface area (Å²) < 4.78 is 10.4. The highest BCUT2D eigenvalue weighted by atomic mass is 16.5. The highest BCUT2D eigenvalue weighted by molar-refractivity contribution is 5.87. The van der Waals surface area contributed by atoms with E-state index in [0.29, 0.717) is 5.39 Å². The Morgan fingerprint density at radius 1 is 1.12 bits per heavy atom. The number of rotatable bonds is 5. The van der Waals surface area contributed by atoms with E-state index >= 15 is 0 Å². The summed E-state index contributed by atoms with van der Waals surface area (Å²) in [7, 11) is 0. The summed E-state index contributed by atoms with van der Waals surface area (Å²) in [4.78, 5) is 24.9. The zero-order valence-corrected chi connectivity index (χ0v) is 13.8. The van der Waals surface area contributed by atoms with E-state index in [1.165, 1.54) is 0 Å². The van der Waals surface area contributed by atoms with Gasteiger partial charge in [-0.1, -0.05) is 42.5 Å². The molecule has 1 heterocycles. The molecule has 0 radical (unpaired) electrons. The number of carbonyl (C=O) groups is 1. The normalized spacial score (nSPS) is 12.0. The molecule has 25 heavy (non-hydrogen) atoms. The van der Waals surface area contributed by atoms with Gasteiger partial charge in [0.25, 0.3) is 0 Å². The van der Waals surface area contributed by atoms with E-state index in [1.54, 1.807) is 31.2 Å². The van der Waals surface area contributed by atoms with Gasteiger partial charge in [0.2, 0.25) is 0 Å². The first kappa shape index (κ1) is 16.8. The molecular formula is C20H18O5. The van der Waals surface area contributed by atoms with Crippen LogP contribution in [0.25, 0.3) is 11.0 Å². The summed E-state index contributed by atoms with van der Waals surface area (Å²) in [6, 6.07) is 15.9. The zero-order valence-electron chi connectivity index (χ0n) is 13.8. The number of fused-ring (bicyclic) bond motifs is 1. The fourth-order valence-electron chi connectivity index (χ4n) is 2.85. The number of benzene rings is 2. The summed E-state index contributed by atoms with van der Waals surface area (Å²) in [5, 5.41) is 11.0. The summed E-state index contributed by atoms with van der Waals surface area (Å²) >= 11 is 0. The van der Waals surface area contributed by atoms with E-state index in [4.69, 9.17) is 9.15 Å². The maximum absolute atomic E-state index is 12.5. The number of aromatic hydroxyl groups is 1. The molecule has 5 nitrogen and oxygen atoms in total. The summed E-state index contributed by atoms with van der Waals surface area (Å²) in [6.07, 6.45) is 0.232. The Morgan fingerprint density at radius 3 is 2.52 bits per heavy atom. The molecule has 0 fully saturated rings. The second-order valence-corrected chi connectivity index (χ2v) is 5.64. The van der Waals surface area contributed by atoms with Gasteiger partial charge in [-0.2, -0.15) is 0 Å². The highest BCUT2D eigenvalue weighted by Gasteiger charge is 2.30. The molecule has 0 aliphatic heterocycles. The van der Waals surface area contributed by atoms with Gasteiger partial charge in [0.05, 0.1) is 23.5 Å². The summed E-state index contributed by atoms with van der Waals surface area (Å²) in [5.41, 5.74) is 0.328. The average molecular weight is 338 g/mol. The zero-order chi connectivity index (χ0) is 17.8. The van der Waals surface area contributed by atoms with Crippen LogP contribution in [0.5, 0.6) is 5.75 Å². The van der Waals surface area contributed by atoms with Crippen molar-refractivity contribution in [2.75, 3.05) is 6.61 Å². The van der Waals surface area contributed by atoms with Gasteiger partial charge in [-0.05, 0) is 31.0 Å². The van der Waals surface area contributed by atoms with Crippen molar-refractivity contribution >= 4 is 16.9 Å². The van der Waals surface area contributed by atoms with Gasteiger partial charge in [-0.3, -0.25) is 4.79 Å². The number of ether oxygens (including phenoxy) is 1. The molecule has 1 aromatic heterocycles. The molecule has 128 valence electrons. The highest BCUT2D eigenvalue weighted by Crippen LogP contribution is 2.33. The molecule has 1 N–H and O–H groups in total. The van der Waals surface area contributed by atoms with Crippen molar-refractivity contribution in [1.82, 2.24) is 0 Å². The molecule has 1 unspecified atom stereocenters. The van der Waals surface area contributed by atoms with Crippen LogP contribution >= 0.6 is 0 Å². The molecular weight excluding hydrogens is 320 g/mol. The van der Waals surface area contributed by atoms with E-state index in [0.717, 1.165) is 5.56 Å². The van der Waals surface area contributed by atoms with Gasteiger partial charge in [-0.15, -0.1) is 0 Å². The van der Waals surface area contributed by atoms with Crippen LogP contribution in [0.1, 0.15) is 24.0 Å². The van der Waals surface area contributed by atoms with Gasteiger partial charge in [0.15, 0.2) is 0 Å². The molecule has 5 heteroatoms. The fraction of sp³-hybridized carbons (Fsp3) is 0.200. The second-order valence-electron chi connectivity index (χ2n) is 5.64. The number of hydrogen-bond donors (Lipinski definition) is 1. The van der Waals surface area contributed by atoms with Gasteiger partial charge in [0.1, 0.15) is 11.3 Å². The smallest absolute Gasteiger partial charge is 0.344 e.